The monoisotopic (exact) mass is 549 g/mol. The summed E-state index contributed by atoms with van der Waals surface area (Å²) in [4.78, 5) is 19.7. The molecule has 0 N–H and O–H groups in total. The minimum absolute atomic E-state index is 0.635. The first-order valence-corrected chi connectivity index (χ1v) is 14.3. The Labute approximate surface area is 246 Å². The number of fused-ring (bicyclic) bond motifs is 6. The van der Waals surface area contributed by atoms with Crippen molar-refractivity contribution in [2.75, 3.05) is 0 Å². The van der Waals surface area contributed by atoms with Crippen LogP contribution in [0, 0.1) is 0 Å². The molecule has 0 bridgehead atoms. The molecule has 0 amide bonds. The maximum absolute atomic E-state index is 5.25. The predicted octanol–water partition coefficient (Wildman–Crippen LogP) is 9.16. The van der Waals surface area contributed by atoms with Crippen LogP contribution < -0.4 is 0 Å². The Bertz CT molecular complexity index is 2510. The van der Waals surface area contributed by atoms with Crippen molar-refractivity contribution in [3.63, 3.8) is 0 Å². The summed E-state index contributed by atoms with van der Waals surface area (Å²) in [6.07, 6.45) is 3.69. The quantitative estimate of drug-likeness (QED) is 0.220. The fourth-order valence-electron chi connectivity index (χ4n) is 6.24. The van der Waals surface area contributed by atoms with Gasteiger partial charge in [-0.25, -0.2) is 9.97 Å². The second-order valence-corrected chi connectivity index (χ2v) is 10.8. The van der Waals surface area contributed by atoms with Crippen molar-refractivity contribution in [3.05, 3.63) is 140 Å². The van der Waals surface area contributed by atoms with E-state index in [9.17, 15) is 0 Å². The van der Waals surface area contributed by atoms with E-state index in [1.807, 2.05) is 42.7 Å². The average Bonchev–Trinajstić information content (AvgIpc) is 3.39. The van der Waals surface area contributed by atoms with Gasteiger partial charge in [-0.2, -0.15) is 0 Å². The lowest BCUT2D eigenvalue weighted by Crippen LogP contribution is -2.03. The maximum Gasteiger partial charge on any atom is 0.163 e. The Morgan fingerprint density at radius 3 is 2.16 bits per heavy atom. The molecule has 5 aromatic carbocycles. The predicted molar refractivity (Wildman–Crippen MR) is 175 cm³/mol. The minimum Gasteiger partial charge on any atom is -0.293 e. The molecule has 0 radical (unpaired) electrons. The number of hydrogen-bond donors (Lipinski definition) is 0. The largest absolute Gasteiger partial charge is 0.293 e. The van der Waals surface area contributed by atoms with Crippen LogP contribution in [-0.4, -0.2) is 24.5 Å². The zero-order chi connectivity index (χ0) is 28.3. The minimum atomic E-state index is 0.635. The fourth-order valence-corrected chi connectivity index (χ4v) is 6.24. The third-order valence-corrected chi connectivity index (χ3v) is 8.27. The zero-order valence-electron chi connectivity index (χ0n) is 23.0. The van der Waals surface area contributed by atoms with E-state index in [1.165, 1.54) is 21.5 Å². The molecule has 0 unspecified atom stereocenters. The van der Waals surface area contributed by atoms with Crippen LogP contribution in [0.25, 0.3) is 82.8 Å². The maximum atomic E-state index is 5.25. The lowest BCUT2D eigenvalue weighted by Gasteiger charge is -2.13. The molecule has 0 aliphatic rings. The first-order valence-electron chi connectivity index (χ1n) is 14.3. The molecule has 0 spiro atoms. The molecule has 5 nitrogen and oxygen atoms in total. The third kappa shape index (κ3) is 3.72. The number of para-hydroxylation sites is 3. The zero-order valence-corrected chi connectivity index (χ0v) is 23.0. The molecule has 0 aliphatic heterocycles. The summed E-state index contributed by atoms with van der Waals surface area (Å²) < 4.78 is 2.29. The summed E-state index contributed by atoms with van der Waals surface area (Å²) in [6, 6.07) is 44.2. The van der Waals surface area contributed by atoms with Crippen LogP contribution in [-0.2, 0) is 0 Å². The highest BCUT2D eigenvalue weighted by atomic mass is 15.1. The van der Waals surface area contributed by atoms with Crippen LogP contribution in [0.15, 0.2) is 140 Å². The number of pyridine rings is 2. The highest BCUT2D eigenvalue weighted by Crippen LogP contribution is 2.37. The molecule has 0 atom stereocenters. The Morgan fingerprint density at radius 2 is 1.28 bits per heavy atom. The number of aromatic nitrogens is 5. The van der Waals surface area contributed by atoms with Gasteiger partial charge in [0, 0.05) is 45.1 Å². The first-order chi connectivity index (χ1) is 21.3. The van der Waals surface area contributed by atoms with Gasteiger partial charge >= 0.3 is 0 Å². The van der Waals surface area contributed by atoms with Gasteiger partial charge in [0.2, 0.25) is 0 Å². The van der Waals surface area contributed by atoms with Gasteiger partial charge < -0.3 is 0 Å². The van der Waals surface area contributed by atoms with Crippen molar-refractivity contribution in [1.82, 2.24) is 24.5 Å². The van der Waals surface area contributed by atoms with Crippen LogP contribution in [0.3, 0.4) is 0 Å². The van der Waals surface area contributed by atoms with Crippen molar-refractivity contribution < 1.29 is 0 Å². The average molecular weight is 550 g/mol. The SMILES string of the molecule is c1ccc2cc3c(cc2c1)c1ccccc1n3-c1nc(-c2ccc(-c3cccc4cccnc34)nc2)nc2ccccc12. The number of nitrogens with zero attached hydrogens (tertiary/aromatic N) is 5. The molecule has 43 heavy (non-hydrogen) atoms. The molecule has 200 valence electrons. The summed E-state index contributed by atoms with van der Waals surface area (Å²) >= 11 is 0. The lowest BCUT2D eigenvalue weighted by atomic mass is 10.1. The molecule has 9 rings (SSSR count). The van der Waals surface area contributed by atoms with Gasteiger partial charge in [0.25, 0.3) is 0 Å². The highest BCUT2D eigenvalue weighted by molar-refractivity contribution is 6.14. The van der Waals surface area contributed by atoms with Crippen molar-refractivity contribution in [1.29, 1.82) is 0 Å². The summed E-state index contributed by atoms with van der Waals surface area (Å²) in [5.74, 6) is 1.49. The van der Waals surface area contributed by atoms with E-state index in [0.29, 0.717) is 5.82 Å². The van der Waals surface area contributed by atoms with Gasteiger partial charge in [-0.05, 0) is 59.3 Å². The first kappa shape index (κ1) is 23.7. The van der Waals surface area contributed by atoms with E-state index < -0.39 is 0 Å². The summed E-state index contributed by atoms with van der Waals surface area (Å²) in [6.45, 7) is 0. The smallest absolute Gasteiger partial charge is 0.163 e. The van der Waals surface area contributed by atoms with Gasteiger partial charge in [-0.1, -0.05) is 78.9 Å². The lowest BCUT2D eigenvalue weighted by molar-refractivity contribution is 1.07. The van der Waals surface area contributed by atoms with Gasteiger partial charge in [0.15, 0.2) is 5.82 Å². The second-order valence-electron chi connectivity index (χ2n) is 10.8. The number of benzene rings is 5. The Hall–Kier alpha value is -5.94. The Morgan fingerprint density at radius 1 is 0.512 bits per heavy atom. The molecule has 0 saturated carbocycles. The van der Waals surface area contributed by atoms with E-state index in [0.717, 1.165) is 55.5 Å². The van der Waals surface area contributed by atoms with Crippen LogP contribution in [0.2, 0.25) is 0 Å². The normalized spacial score (nSPS) is 11.7. The molecule has 0 fully saturated rings. The van der Waals surface area contributed by atoms with E-state index in [4.69, 9.17) is 15.0 Å². The van der Waals surface area contributed by atoms with Gasteiger partial charge in [-0.3, -0.25) is 14.5 Å². The van der Waals surface area contributed by atoms with Crippen molar-refractivity contribution in [2.45, 2.75) is 0 Å². The summed E-state index contributed by atoms with van der Waals surface area (Å²) in [7, 11) is 0. The number of rotatable bonds is 3. The van der Waals surface area contributed by atoms with Crippen molar-refractivity contribution in [2.24, 2.45) is 0 Å². The highest BCUT2D eigenvalue weighted by Gasteiger charge is 2.18. The van der Waals surface area contributed by atoms with E-state index in [2.05, 4.69) is 107 Å². The van der Waals surface area contributed by atoms with E-state index in [1.54, 1.807) is 0 Å². The van der Waals surface area contributed by atoms with Gasteiger partial charge in [0.1, 0.15) is 5.82 Å². The van der Waals surface area contributed by atoms with Crippen LogP contribution in [0.5, 0.6) is 0 Å². The van der Waals surface area contributed by atoms with Crippen LogP contribution >= 0.6 is 0 Å². The van der Waals surface area contributed by atoms with Gasteiger partial charge in [-0.15, -0.1) is 0 Å². The second kappa shape index (κ2) is 9.29. The van der Waals surface area contributed by atoms with E-state index in [-0.39, 0.29) is 0 Å². The van der Waals surface area contributed by atoms with Gasteiger partial charge in [0.05, 0.1) is 27.8 Å². The molecule has 9 aromatic rings. The fraction of sp³-hybridized carbons (Fsp3) is 0. The molecule has 5 heteroatoms. The Kier molecular flexibility index (Phi) is 5.13. The van der Waals surface area contributed by atoms with Crippen molar-refractivity contribution in [3.8, 4) is 28.5 Å². The van der Waals surface area contributed by atoms with E-state index >= 15 is 0 Å². The molecule has 4 heterocycles. The Balaban J connectivity index is 1.27. The summed E-state index contributed by atoms with van der Waals surface area (Å²) in [5, 5.41) is 6.90. The van der Waals surface area contributed by atoms with Crippen molar-refractivity contribution >= 4 is 54.4 Å². The third-order valence-electron chi connectivity index (χ3n) is 8.27. The molecular formula is C38H23N5. The molecular weight excluding hydrogens is 526 g/mol. The topological polar surface area (TPSA) is 56.5 Å². The summed E-state index contributed by atoms with van der Waals surface area (Å²) in [5.41, 5.74) is 6.77. The molecule has 0 aliphatic carbocycles. The van der Waals surface area contributed by atoms with Crippen LogP contribution in [0.4, 0.5) is 0 Å². The number of hydrogen-bond acceptors (Lipinski definition) is 4. The van der Waals surface area contributed by atoms with Crippen LogP contribution in [0.1, 0.15) is 0 Å². The molecule has 4 aromatic heterocycles. The molecule has 0 saturated heterocycles. The standard InChI is InChI=1S/C38H23N5/c1-2-10-26-22-35-31(21-25(26)9-1)28-13-4-6-17-34(28)43(35)38-30-14-3-5-16-33(30)41-37(42-38)27-18-19-32(40-23-27)29-15-7-11-24-12-8-20-39-36(24)29/h1-23H.